The van der Waals surface area contributed by atoms with Crippen LogP contribution in [0.4, 0.5) is 5.13 Å². The van der Waals surface area contributed by atoms with Gasteiger partial charge in [-0.2, -0.15) is 0 Å². The van der Waals surface area contributed by atoms with Gasteiger partial charge in [0, 0.05) is 32.5 Å². The smallest absolute Gasteiger partial charge is 0.226 e. The highest BCUT2D eigenvalue weighted by molar-refractivity contribution is 8.01. The van der Waals surface area contributed by atoms with E-state index < -0.39 is 0 Å². The lowest BCUT2D eigenvalue weighted by atomic mass is 9.98. The van der Waals surface area contributed by atoms with Crippen molar-refractivity contribution in [2.75, 3.05) is 38.0 Å². The van der Waals surface area contributed by atoms with Crippen molar-refractivity contribution in [3.05, 3.63) is 0 Å². The zero-order valence-electron chi connectivity index (χ0n) is 11.5. The summed E-state index contributed by atoms with van der Waals surface area (Å²) in [5, 5.41) is 11.4. The molecule has 2 rings (SSSR count). The molecule has 2 heterocycles. The van der Waals surface area contributed by atoms with Gasteiger partial charge in [0.15, 0.2) is 4.34 Å². The number of methoxy groups -OCH3 is 1. The van der Waals surface area contributed by atoms with Crippen LogP contribution in [0.5, 0.6) is 0 Å². The molecule has 1 atom stereocenters. The maximum Gasteiger partial charge on any atom is 0.226 e. The molecule has 20 heavy (non-hydrogen) atoms. The molecule has 6 nitrogen and oxygen atoms in total. The van der Waals surface area contributed by atoms with Crippen molar-refractivity contribution in [1.82, 2.24) is 10.2 Å². The van der Waals surface area contributed by atoms with Crippen molar-refractivity contribution < 1.29 is 14.3 Å². The first kappa shape index (κ1) is 15.7. The van der Waals surface area contributed by atoms with Crippen molar-refractivity contribution >= 4 is 34.1 Å². The molecule has 0 bridgehead atoms. The number of hydrogen-bond donors (Lipinski definition) is 1. The Morgan fingerprint density at radius 3 is 3.25 bits per heavy atom. The number of anilines is 1. The summed E-state index contributed by atoms with van der Waals surface area (Å²) in [4.78, 5) is 11.9. The van der Waals surface area contributed by atoms with Crippen molar-refractivity contribution in [2.45, 2.75) is 23.6 Å². The lowest BCUT2D eigenvalue weighted by Crippen LogP contribution is -2.23. The molecule has 8 heteroatoms. The second-order valence-electron chi connectivity index (χ2n) is 4.55. The summed E-state index contributed by atoms with van der Waals surface area (Å²) in [7, 11) is 1.67. The monoisotopic (exact) mass is 317 g/mol. The Bertz CT molecular complexity index is 422. The first-order chi connectivity index (χ1) is 9.78. The van der Waals surface area contributed by atoms with Crippen molar-refractivity contribution in [3.8, 4) is 0 Å². The number of ether oxygens (including phenoxy) is 2. The van der Waals surface area contributed by atoms with Gasteiger partial charge < -0.3 is 14.8 Å². The third-order valence-corrected chi connectivity index (χ3v) is 4.83. The highest BCUT2D eigenvalue weighted by atomic mass is 32.2. The number of rotatable bonds is 7. The highest BCUT2D eigenvalue weighted by Crippen LogP contribution is 2.26. The molecule has 112 valence electrons. The summed E-state index contributed by atoms with van der Waals surface area (Å²) in [6.07, 6.45) is 2.59. The highest BCUT2D eigenvalue weighted by Gasteiger charge is 2.18. The Labute approximate surface area is 126 Å². The number of hydrogen-bond acceptors (Lipinski definition) is 7. The summed E-state index contributed by atoms with van der Waals surface area (Å²) in [5.41, 5.74) is 0. The number of carbonyl (C=O) groups is 1. The second-order valence-corrected chi connectivity index (χ2v) is 6.87. The Morgan fingerprint density at radius 2 is 2.50 bits per heavy atom. The molecule has 0 aliphatic carbocycles. The summed E-state index contributed by atoms with van der Waals surface area (Å²) >= 11 is 2.97. The number of amides is 1. The van der Waals surface area contributed by atoms with Gasteiger partial charge in [-0.1, -0.05) is 23.1 Å². The third kappa shape index (κ3) is 5.35. The van der Waals surface area contributed by atoms with Gasteiger partial charge in [0.1, 0.15) is 0 Å². The molecule has 0 spiro atoms. The fraction of sp³-hybridized carbons (Fsp3) is 0.750. The molecular weight excluding hydrogens is 298 g/mol. The second kappa shape index (κ2) is 8.56. The van der Waals surface area contributed by atoms with Crippen LogP contribution in [0.15, 0.2) is 4.34 Å². The molecule has 1 saturated heterocycles. The van der Waals surface area contributed by atoms with Gasteiger partial charge in [-0.3, -0.25) is 4.79 Å². The van der Waals surface area contributed by atoms with E-state index in [2.05, 4.69) is 15.5 Å². The van der Waals surface area contributed by atoms with E-state index in [1.54, 1.807) is 18.9 Å². The fourth-order valence-electron chi connectivity index (χ4n) is 1.93. The number of nitrogens with one attached hydrogen (secondary N) is 1. The van der Waals surface area contributed by atoms with E-state index in [0.717, 1.165) is 29.5 Å². The molecule has 1 fully saturated rings. The SMILES string of the molecule is COCCSc1nnc(NC(=O)CC2CCCOC2)s1. The van der Waals surface area contributed by atoms with Gasteiger partial charge in [-0.15, -0.1) is 10.2 Å². The van der Waals surface area contributed by atoms with Gasteiger partial charge in [-0.25, -0.2) is 0 Å². The van der Waals surface area contributed by atoms with Gasteiger partial charge >= 0.3 is 0 Å². The van der Waals surface area contributed by atoms with Crippen molar-refractivity contribution in [3.63, 3.8) is 0 Å². The van der Waals surface area contributed by atoms with Crippen LogP contribution in [-0.2, 0) is 14.3 Å². The zero-order chi connectivity index (χ0) is 14.2. The molecule has 1 amide bonds. The number of thioether (sulfide) groups is 1. The predicted molar refractivity (Wildman–Crippen MR) is 79.3 cm³/mol. The Morgan fingerprint density at radius 1 is 1.60 bits per heavy atom. The Balaban J connectivity index is 1.73. The van der Waals surface area contributed by atoms with Crippen LogP contribution >= 0.6 is 23.1 Å². The predicted octanol–water partition coefficient (Wildman–Crippen LogP) is 2.03. The van der Waals surface area contributed by atoms with Crippen molar-refractivity contribution in [2.24, 2.45) is 5.92 Å². The zero-order valence-corrected chi connectivity index (χ0v) is 13.1. The molecule has 1 aromatic rings. The number of carbonyl (C=O) groups excluding carboxylic acids is 1. The fourth-order valence-corrected chi connectivity index (χ4v) is 3.67. The molecule has 0 aromatic carbocycles. The normalized spacial score (nSPS) is 18.9. The van der Waals surface area contributed by atoms with Gasteiger partial charge in [0.25, 0.3) is 0 Å². The van der Waals surface area contributed by atoms with E-state index >= 15 is 0 Å². The van der Waals surface area contributed by atoms with Gasteiger partial charge in [0.2, 0.25) is 11.0 Å². The first-order valence-electron chi connectivity index (χ1n) is 6.60. The summed E-state index contributed by atoms with van der Waals surface area (Å²) in [5.74, 6) is 1.15. The lowest BCUT2D eigenvalue weighted by molar-refractivity contribution is -0.118. The number of aromatic nitrogens is 2. The van der Waals surface area contributed by atoms with Crippen molar-refractivity contribution in [1.29, 1.82) is 0 Å². The van der Waals surface area contributed by atoms with E-state index in [0.29, 0.717) is 30.7 Å². The maximum absolute atomic E-state index is 11.9. The molecule has 1 N–H and O–H groups in total. The maximum atomic E-state index is 11.9. The molecule has 0 saturated carbocycles. The average Bonchev–Trinajstić information content (AvgIpc) is 2.87. The van der Waals surface area contributed by atoms with Crippen LogP contribution in [-0.4, -0.2) is 48.8 Å². The molecule has 0 radical (unpaired) electrons. The van der Waals surface area contributed by atoms with Gasteiger partial charge in [-0.05, 0) is 18.8 Å². The van der Waals surface area contributed by atoms with Crippen LogP contribution in [0.2, 0.25) is 0 Å². The topological polar surface area (TPSA) is 73.3 Å². The lowest BCUT2D eigenvalue weighted by Gasteiger charge is -2.20. The van der Waals surface area contributed by atoms with Crippen LogP contribution in [0.3, 0.4) is 0 Å². The van der Waals surface area contributed by atoms with Gasteiger partial charge in [0.05, 0.1) is 6.61 Å². The number of nitrogens with zero attached hydrogens (tertiary/aromatic N) is 2. The van der Waals surface area contributed by atoms with E-state index in [1.165, 1.54) is 11.3 Å². The Hall–Kier alpha value is -0.700. The standard InChI is InChI=1S/C12H19N3O3S2/c1-17-5-6-19-12-15-14-11(20-12)13-10(16)7-9-3-2-4-18-8-9/h9H,2-8H2,1H3,(H,13,14,16). The minimum absolute atomic E-state index is 0.00917. The van der Waals surface area contributed by atoms with E-state index in [1.807, 2.05) is 0 Å². The van der Waals surface area contributed by atoms with Crippen LogP contribution in [0.1, 0.15) is 19.3 Å². The van der Waals surface area contributed by atoms with Crippen LogP contribution in [0.25, 0.3) is 0 Å². The summed E-state index contributed by atoms with van der Waals surface area (Å²) in [6.45, 7) is 2.17. The van der Waals surface area contributed by atoms with Crippen LogP contribution in [0, 0.1) is 5.92 Å². The summed E-state index contributed by atoms with van der Waals surface area (Å²) < 4.78 is 11.2. The van der Waals surface area contributed by atoms with E-state index in [-0.39, 0.29) is 5.91 Å². The average molecular weight is 317 g/mol. The molecular formula is C12H19N3O3S2. The quantitative estimate of drug-likeness (QED) is 0.471. The van der Waals surface area contributed by atoms with Crippen LogP contribution < -0.4 is 5.32 Å². The van der Waals surface area contributed by atoms with E-state index in [9.17, 15) is 4.79 Å². The Kier molecular flexibility index (Phi) is 6.71. The molecule has 1 unspecified atom stereocenters. The third-order valence-electron chi connectivity index (χ3n) is 2.89. The molecule has 1 aromatic heterocycles. The minimum atomic E-state index is -0.00917. The minimum Gasteiger partial charge on any atom is -0.384 e. The first-order valence-corrected chi connectivity index (χ1v) is 8.41. The molecule has 1 aliphatic rings. The summed E-state index contributed by atoms with van der Waals surface area (Å²) in [6, 6.07) is 0. The molecule has 1 aliphatic heterocycles. The van der Waals surface area contributed by atoms with E-state index in [4.69, 9.17) is 9.47 Å². The largest absolute Gasteiger partial charge is 0.384 e.